The lowest BCUT2D eigenvalue weighted by Crippen LogP contribution is -2.34. The molecule has 9 nitrogen and oxygen atoms in total. The molecule has 0 amide bonds. The summed E-state index contributed by atoms with van der Waals surface area (Å²) in [6.07, 6.45) is 7.71. The molecule has 0 radical (unpaired) electrons. The van der Waals surface area contributed by atoms with Gasteiger partial charge in [-0.1, -0.05) is 42.0 Å². The van der Waals surface area contributed by atoms with Crippen molar-refractivity contribution in [1.82, 2.24) is 19.7 Å². The molecule has 0 saturated carbocycles. The Hall–Kier alpha value is -4.90. The second-order valence-electron chi connectivity index (χ2n) is 9.34. The van der Waals surface area contributed by atoms with Gasteiger partial charge >= 0.3 is 0 Å². The van der Waals surface area contributed by atoms with Crippen molar-refractivity contribution in [2.45, 2.75) is 19.4 Å². The number of hydrogen-bond acceptors (Lipinski definition) is 7. The number of hydrogen-bond donors (Lipinski definition) is 1. The van der Waals surface area contributed by atoms with Crippen LogP contribution in [0.4, 0.5) is 20.3 Å². The topological polar surface area (TPSA) is 112 Å². The molecule has 2 N–H and O–H groups in total. The highest BCUT2D eigenvalue weighted by molar-refractivity contribution is 6.33. The maximum absolute atomic E-state index is 15.3. The fraction of sp³-hybridized carbons (Fsp3) is 0.167. The van der Waals surface area contributed by atoms with E-state index in [9.17, 15) is 9.18 Å². The Morgan fingerprint density at radius 1 is 1.19 bits per heavy atom. The van der Waals surface area contributed by atoms with Crippen molar-refractivity contribution in [3.8, 4) is 17.0 Å². The third-order valence-corrected chi connectivity index (χ3v) is 7.19. The minimum Gasteiger partial charge on any atom is -0.494 e. The molecule has 0 aliphatic heterocycles. The van der Waals surface area contributed by atoms with Gasteiger partial charge in [0.15, 0.2) is 23.5 Å². The third-order valence-electron chi connectivity index (χ3n) is 6.87. The van der Waals surface area contributed by atoms with Crippen LogP contribution in [0.5, 0.6) is 5.75 Å². The van der Waals surface area contributed by atoms with Crippen molar-refractivity contribution in [2.24, 2.45) is 4.99 Å². The summed E-state index contributed by atoms with van der Waals surface area (Å²) in [5.74, 6) is -2.08. The molecule has 5 rings (SSSR count). The highest BCUT2D eigenvalue weighted by Gasteiger charge is 2.28. The molecular formula is C30H26ClF2N7O2. The van der Waals surface area contributed by atoms with Gasteiger partial charge in [-0.25, -0.2) is 24.0 Å². The van der Waals surface area contributed by atoms with Crippen LogP contribution in [-0.2, 0) is 4.79 Å². The molecule has 0 unspecified atom stereocenters. The third kappa shape index (κ3) is 5.14. The molecule has 0 fully saturated rings. The van der Waals surface area contributed by atoms with E-state index >= 15 is 4.39 Å². The molecule has 1 aliphatic carbocycles. The van der Waals surface area contributed by atoms with Crippen LogP contribution < -0.4 is 15.4 Å². The lowest BCUT2D eigenvalue weighted by Gasteiger charge is -2.27. The number of nitrogens with zero attached hydrogens (tertiary/aromatic N) is 6. The Kier molecular flexibility index (Phi) is 8.12. The molecule has 4 aromatic rings. The predicted octanol–water partition coefficient (Wildman–Crippen LogP) is 5.99. The number of carbonyl (C=O) groups excluding carboxylic acids is 1. The van der Waals surface area contributed by atoms with Crippen LogP contribution >= 0.6 is 11.6 Å². The SMILES string of the molecule is COc1ccc(-c2nn([C@@H](C)/C(=N/C3=CCC=CC(Cl)=C3C=O)N(C)c3ccccc3)c3ncnc(N)c23)c(F)c1F. The smallest absolute Gasteiger partial charge is 0.201 e. The van der Waals surface area contributed by atoms with Gasteiger partial charge in [-0.15, -0.1) is 0 Å². The monoisotopic (exact) mass is 589 g/mol. The first-order chi connectivity index (χ1) is 20.3. The van der Waals surface area contributed by atoms with Gasteiger partial charge in [-0.3, -0.25) is 4.79 Å². The zero-order chi connectivity index (χ0) is 30.0. The summed E-state index contributed by atoms with van der Waals surface area (Å²) in [7, 11) is 3.07. The fourth-order valence-corrected chi connectivity index (χ4v) is 4.92. The number of fused-ring (bicyclic) bond motifs is 1. The van der Waals surface area contributed by atoms with Crippen LogP contribution in [0.1, 0.15) is 19.4 Å². The number of methoxy groups -OCH3 is 1. The lowest BCUT2D eigenvalue weighted by atomic mass is 10.1. The Morgan fingerprint density at radius 2 is 1.95 bits per heavy atom. The lowest BCUT2D eigenvalue weighted by molar-refractivity contribution is -0.104. The number of aliphatic imine (C=N–C) groups is 1. The van der Waals surface area contributed by atoms with E-state index in [0.717, 1.165) is 5.69 Å². The van der Waals surface area contributed by atoms with Crippen molar-refractivity contribution < 1.29 is 18.3 Å². The Morgan fingerprint density at radius 3 is 2.67 bits per heavy atom. The molecule has 12 heteroatoms. The highest BCUT2D eigenvalue weighted by atomic mass is 35.5. The number of ether oxygens (including phenoxy) is 1. The molecule has 1 atom stereocenters. The van der Waals surface area contributed by atoms with Gasteiger partial charge in [0.25, 0.3) is 0 Å². The van der Waals surface area contributed by atoms with Gasteiger partial charge in [0, 0.05) is 18.3 Å². The Balaban J connectivity index is 1.74. The Labute approximate surface area is 245 Å². The van der Waals surface area contributed by atoms with Gasteiger partial charge in [0.2, 0.25) is 5.82 Å². The quantitative estimate of drug-likeness (QED) is 0.160. The molecule has 0 bridgehead atoms. The minimum absolute atomic E-state index is 0.0366. The van der Waals surface area contributed by atoms with Crippen LogP contribution in [0.3, 0.4) is 0 Å². The van der Waals surface area contributed by atoms with E-state index in [1.165, 1.54) is 30.3 Å². The van der Waals surface area contributed by atoms with Crippen LogP contribution in [-0.4, -0.2) is 46.0 Å². The number of nitrogens with two attached hydrogens (primary N) is 1. The zero-order valence-electron chi connectivity index (χ0n) is 22.9. The number of aldehydes is 1. The van der Waals surface area contributed by atoms with Gasteiger partial charge in [-0.05, 0) is 43.7 Å². The van der Waals surface area contributed by atoms with E-state index < -0.39 is 17.7 Å². The number of carbonyl (C=O) groups is 1. The normalized spacial score (nSPS) is 14.5. The van der Waals surface area contributed by atoms with Crippen molar-refractivity contribution in [3.05, 3.63) is 95.0 Å². The number of likely N-dealkylation sites (N-methyl/N-ethyl adjacent to an activating group) is 1. The number of allylic oxidation sites excluding steroid dienone is 5. The van der Waals surface area contributed by atoms with Crippen molar-refractivity contribution >= 4 is 46.3 Å². The van der Waals surface area contributed by atoms with E-state index in [0.29, 0.717) is 24.2 Å². The van der Waals surface area contributed by atoms with Crippen molar-refractivity contribution in [2.75, 3.05) is 24.8 Å². The summed E-state index contributed by atoms with van der Waals surface area (Å²) in [6.45, 7) is 1.82. The zero-order valence-corrected chi connectivity index (χ0v) is 23.7. The van der Waals surface area contributed by atoms with E-state index in [1.54, 1.807) is 12.2 Å². The van der Waals surface area contributed by atoms with Crippen LogP contribution in [0.2, 0.25) is 0 Å². The largest absolute Gasteiger partial charge is 0.494 e. The number of rotatable bonds is 7. The summed E-state index contributed by atoms with van der Waals surface area (Å²) < 4.78 is 36.5. The van der Waals surface area contributed by atoms with E-state index in [-0.39, 0.29) is 44.5 Å². The summed E-state index contributed by atoms with van der Waals surface area (Å²) in [6, 6.07) is 11.4. The number of nitrogen functional groups attached to an aromatic ring is 1. The van der Waals surface area contributed by atoms with E-state index in [1.807, 2.05) is 55.3 Å². The molecular weight excluding hydrogens is 564 g/mol. The molecule has 2 heterocycles. The van der Waals surface area contributed by atoms with E-state index in [4.69, 9.17) is 27.1 Å². The maximum Gasteiger partial charge on any atom is 0.201 e. The first kappa shape index (κ1) is 28.6. The average Bonchev–Trinajstić information content (AvgIpc) is 3.30. The van der Waals surface area contributed by atoms with Gasteiger partial charge in [0.05, 0.1) is 28.8 Å². The first-order valence-corrected chi connectivity index (χ1v) is 13.2. The maximum atomic E-state index is 15.3. The second kappa shape index (κ2) is 11.9. The van der Waals surface area contributed by atoms with Gasteiger partial charge in [-0.2, -0.15) is 9.49 Å². The summed E-state index contributed by atoms with van der Waals surface area (Å²) in [5.41, 5.74) is 7.81. The van der Waals surface area contributed by atoms with Gasteiger partial charge < -0.3 is 15.4 Å². The number of amidine groups is 1. The summed E-state index contributed by atoms with van der Waals surface area (Å²) in [4.78, 5) is 27.3. The standard InChI is InChI=1S/C30H26ClF2N7O2/c1-17(29(39(2)18-9-5-4-6-10-18)37-22-12-8-7-11-21(31)20(22)15-41)40-30-24(28(34)35-16-36-30)27(38-40)19-13-14-23(42-3)26(33)25(19)32/h4-7,9-17H,8H2,1-3H3,(H2,34,35,36)/b37-29-/t17-/m0/s1. The second-order valence-corrected chi connectivity index (χ2v) is 9.75. The number of halogens is 3. The first-order valence-electron chi connectivity index (χ1n) is 12.9. The summed E-state index contributed by atoms with van der Waals surface area (Å²) >= 11 is 6.39. The molecule has 0 saturated heterocycles. The number of anilines is 2. The minimum atomic E-state index is -1.16. The highest BCUT2D eigenvalue weighted by Crippen LogP contribution is 2.36. The van der Waals surface area contributed by atoms with Crippen LogP contribution in [0.15, 0.2) is 88.3 Å². The van der Waals surface area contributed by atoms with Crippen LogP contribution in [0, 0.1) is 11.6 Å². The number of benzene rings is 2. The Bertz CT molecular complexity index is 1800. The molecule has 0 spiro atoms. The molecule has 2 aromatic heterocycles. The van der Waals surface area contributed by atoms with Crippen LogP contribution in [0.25, 0.3) is 22.3 Å². The van der Waals surface area contributed by atoms with E-state index in [2.05, 4.69) is 15.1 Å². The predicted molar refractivity (Wildman–Crippen MR) is 159 cm³/mol. The number of para-hydroxylation sites is 1. The van der Waals surface area contributed by atoms with Crippen molar-refractivity contribution in [3.63, 3.8) is 0 Å². The molecule has 42 heavy (non-hydrogen) atoms. The summed E-state index contributed by atoms with van der Waals surface area (Å²) in [5, 5.41) is 5.18. The van der Waals surface area contributed by atoms with Gasteiger partial charge in [0.1, 0.15) is 29.7 Å². The molecule has 214 valence electrons. The molecule has 1 aliphatic rings. The number of aromatic nitrogens is 4. The fourth-order valence-electron chi connectivity index (χ4n) is 4.69. The average molecular weight is 590 g/mol. The molecule has 2 aromatic carbocycles. The van der Waals surface area contributed by atoms with Crippen molar-refractivity contribution in [1.29, 1.82) is 0 Å².